The van der Waals surface area contributed by atoms with Gasteiger partial charge in [-0.3, -0.25) is 19.7 Å². The minimum Gasteiger partial charge on any atom is -0.481 e. The second kappa shape index (κ2) is 8.14. The molecule has 1 saturated carbocycles. The average molecular weight is 352 g/mol. The highest BCUT2D eigenvalue weighted by atomic mass is 32.2. The first-order valence-electron chi connectivity index (χ1n) is 7.81. The number of hydrogen-bond donors (Lipinski definition) is 2. The Labute approximate surface area is 144 Å². The van der Waals surface area contributed by atoms with Gasteiger partial charge in [-0.15, -0.1) is 11.8 Å². The van der Waals surface area contributed by atoms with E-state index >= 15 is 0 Å². The third-order valence-corrected chi connectivity index (χ3v) is 5.26. The molecule has 0 saturated heterocycles. The Hall–Kier alpha value is -2.09. The summed E-state index contributed by atoms with van der Waals surface area (Å²) in [6.07, 6.45) is 2.53. The number of nitro benzene ring substituents is 1. The van der Waals surface area contributed by atoms with Crippen LogP contribution in [0.15, 0.2) is 29.2 Å². The van der Waals surface area contributed by atoms with Gasteiger partial charge in [-0.05, 0) is 44.7 Å². The van der Waals surface area contributed by atoms with Crippen molar-refractivity contribution < 1.29 is 19.6 Å². The second-order valence-electron chi connectivity index (χ2n) is 5.91. The summed E-state index contributed by atoms with van der Waals surface area (Å²) in [7, 11) is 0. The monoisotopic (exact) mass is 352 g/mol. The molecule has 0 heterocycles. The number of carbonyl (C=O) groups excluding carboxylic acids is 1. The van der Waals surface area contributed by atoms with Gasteiger partial charge in [0.15, 0.2) is 0 Å². The number of carboxylic acid groups (broad SMARTS) is 1. The fourth-order valence-corrected chi connectivity index (χ4v) is 3.58. The van der Waals surface area contributed by atoms with E-state index in [-0.39, 0.29) is 28.8 Å². The predicted octanol–water partition coefficient (Wildman–Crippen LogP) is 2.84. The molecule has 1 aromatic carbocycles. The maximum Gasteiger partial charge on any atom is 0.306 e. The maximum absolute atomic E-state index is 12.2. The first kappa shape index (κ1) is 18.3. The molecule has 0 spiro atoms. The molecule has 1 aliphatic rings. The number of thioether (sulfide) groups is 1. The Morgan fingerprint density at radius 1 is 1.25 bits per heavy atom. The van der Waals surface area contributed by atoms with E-state index < -0.39 is 10.9 Å². The molecule has 1 atom stereocenters. The van der Waals surface area contributed by atoms with Crippen LogP contribution in [0, 0.1) is 16.0 Å². The summed E-state index contributed by atoms with van der Waals surface area (Å²) in [5, 5.41) is 22.2. The molecule has 130 valence electrons. The number of carbonyl (C=O) groups is 2. The molecule has 0 aliphatic heterocycles. The van der Waals surface area contributed by atoms with Crippen LogP contribution in [0.4, 0.5) is 5.69 Å². The Kier molecular flexibility index (Phi) is 6.19. The van der Waals surface area contributed by atoms with E-state index in [1.807, 2.05) is 0 Å². The van der Waals surface area contributed by atoms with Crippen LogP contribution < -0.4 is 5.32 Å². The van der Waals surface area contributed by atoms with Gasteiger partial charge in [0.25, 0.3) is 5.69 Å². The molecular formula is C16H20N2O5S. The van der Waals surface area contributed by atoms with E-state index in [1.54, 1.807) is 19.1 Å². The fraction of sp³-hybridized carbons (Fsp3) is 0.500. The summed E-state index contributed by atoms with van der Waals surface area (Å²) < 4.78 is 0. The summed E-state index contributed by atoms with van der Waals surface area (Å²) in [5.41, 5.74) is 0.0200. The summed E-state index contributed by atoms with van der Waals surface area (Å²) in [4.78, 5) is 34.1. The first-order chi connectivity index (χ1) is 11.4. The van der Waals surface area contributed by atoms with E-state index in [4.69, 9.17) is 5.11 Å². The number of carboxylic acids is 1. The molecule has 1 unspecified atom stereocenters. The van der Waals surface area contributed by atoms with Gasteiger partial charge in [-0.25, -0.2) is 0 Å². The zero-order valence-electron chi connectivity index (χ0n) is 13.3. The standard InChI is InChI=1S/C16H20N2O5S/c1-10(24-14-8-6-13(7-9-14)18(22)23)15(19)17-12-4-2-11(3-5-12)16(20)21/h6-12H,2-5H2,1H3,(H,17,19)(H,20,21). The number of amides is 1. The lowest BCUT2D eigenvalue weighted by molar-refractivity contribution is -0.384. The van der Waals surface area contributed by atoms with Crippen LogP contribution in [0.25, 0.3) is 0 Å². The highest BCUT2D eigenvalue weighted by Gasteiger charge is 2.27. The minimum absolute atomic E-state index is 0.0200. The zero-order valence-corrected chi connectivity index (χ0v) is 14.1. The Balaban J connectivity index is 1.82. The third kappa shape index (κ3) is 4.95. The van der Waals surface area contributed by atoms with Crippen molar-refractivity contribution >= 4 is 29.3 Å². The molecule has 2 N–H and O–H groups in total. The average Bonchev–Trinajstić information content (AvgIpc) is 2.55. The van der Waals surface area contributed by atoms with E-state index in [0.29, 0.717) is 25.7 Å². The smallest absolute Gasteiger partial charge is 0.306 e. The number of nitrogens with zero attached hydrogens (tertiary/aromatic N) is 1. The highest BCUT2D eigenvalue weighted by molar-refractivity contribution is 8.00. The molecule has 0 radical (unpaired) electrons. The fourth-order valence-electron chi connectivity index (χ4n) is 2.71. The number of non-ortho nitro benzene ring substituents is 1. The normalized spacial score (nSPS) is 21.7. The summed E-state index contributed by atoms with van der Waals surface area (Å²) in [6, 6.07) is 6.11. The van der Waals surface area contributed by atoms with Crippen molar-refractivity contribution in [2.24, 2.45) is 5.92 Å². The number of nitro groups is 1. The molecule has 1 aromatic rings. The van der Waals surface area contributed by atoms with Crippen LogP contribution in [0.3, 0.4) is 0 Å². The lowest BCUT2D eigenvalue weighted by atomic mass is 9.86. The lowest BCUT2D eigenvalue weighted by Crippen LogP contribution is -2.42. The third-order valence-electron chi connectivity index (χ3n) is 4.15. The lowest BCUT2D eigenvalue weighted by Gasteiger charge is -2.27. The SMILES string of the molecule is CC(Sc1ccc([N+](=O)[O-])cc1)C(=O)NC1CCC(C(=O)O)CC1. The predicted molar refractivity (Wildman–Crippen MR) is 89.9 cm³/mol. The van der Waals surface area contributed by atoms with Crippen LogP contribution >= 0.6 is 11.8 Å². The van der Waals surface area contributed by atoms with E-state index in [1.165, 1.54) is 23.9 Å². The topological polar surface area (TPSA) is 110 Å². The molecule has 1 aliphatic carbocycles. The van der Waals surface area contributed by atoms with Crippen molar-refractivity contribution in [1.29, 1.82) is 0 Å². The summed E-state index contributed by atoms with van der Waals surface area (Å²) >= 11 is 1.34. The van der Waals surface area contributed by atoms with Crippen molar-refractivity contribution in [3.63, 3.8) is 0 Å². The first-order valence-corrected chi connectivity index (χ1v) is 8.69. The van der Waals surface area contributed by atoms with Gasteiger partial charge in [0.05, 0.1) is 16.1 Å². The van der Waals surface area contributed by atoms with Crippen molar-refractivity contribution in [3.05, 3.63) is 34.4 Å². The number of nitrogens with one attached hydrogen (secondary N) is 1. The second-order valence-corrected chi connectivity index (χ2v) is 7.32. The number of aliphatic carboxylic acids is 1. The molecule has 7 nitrogen and oxygen atoms in total. The Morgan fingerprint density at radius 3 is 2.33 bits per heavy atom. The highest BCUT2D eigenvalue weighted by Crippen LogP contribution is 2.27. The van der Waals surface area contributed by atoms with Crippen LogP contribution in [0.1, 0.15) is 32.6 Å². The zero-order chi connectivity index (χ0) is 17.7. The largest absolute Gasteiger partial charge is 0.481 e. The van der Waals surface area contributed by atoms with E-state index in [9.17, 15) is 19.7 Å². The summed E-state index contributed by atoms with van der Waals surface area (Å²) in [5.74, 6) is -1.16. The van der Waals surface area contributed by atoms with Crippen LogP contribution in [0.2, 0.25) is 0 Å². The number of rotatable bonds is 6. The molecule has 1 fully saturated rings. The van der Waals surface area contributed by atoms with Crippen molar-refractivity contribution in [2.75, 3.05) is 0 Å². The molecule has 1 amide bonds. The van der Waals surface area contributed by atoms with Crippen molar-refractivity contribution in [3.8, 4) is 0 Å². The molecular weight excluding hydrogens is 332 g/mol. The molecule has 0 bridgehead atoms. The molecule has 2 rings (SSSR count). The number of benzene rings is 1. The van der Waals surface area contributed by atoms with E-state index in [0.717, 1.165) is 4.90 Å². The van der Waals surface area contributed by atoms with Crippen molar-refractivity contribution in [1.82, 2.24) is 5.32 Å². The van der Waals surface area contributed by atoms with Crippen LogP contribution in [0.5, 0.6) is 0 Å². The van der Waals surface area contributed by atoms with Gasteiger partial charge in [-0.1, -0.05) is 0 Å². The van der Waals surface area contributed by atoms with Crippen molar-refractivity contribution in [2.45, 2.75) is 48.8 Å². The van der Waals surface area contributed by atoms with Gasteiger partial charge in [0.2, 0.25) is 5.91 Å². The summed E-state index contributed by atoms with van der Waals surface area (Å²) in [6.45, 7) is 1.78. The Morgan fingerprint density at radius 2 is 1.83 bits per heavy atom. The van der Waals surface area contributed by atoms with Crippen LogP contribution in [-0.2, 0) is 9.59 Å². The molecule has 0 aromatic heterocycles. The molecule has 8 heteroatoms. The number of hydrogen-bond acceptors (Lipinski definition) is 5. The van der Waals surface area contributed by atoms with Gasteiger partial charge < -0.3 is 10.4 Å². The maximum atomic E-state index is 12.2. The van der Waals surface area contributed by atoms with Gasteiger partial charge >= 0.3 is 5.97 Å². The van der Waals surface area contributed by atoms with Gasteiger partial charge in [0.1, 0.15) is 0 Å². The van der Waals surface area contributed by atoms with Gasteiger partial charge in [0, 0.05) is 23.1 Å². The van der Waals surface area contributed by atoms with E-state index in [2.05, 4.69) is 5.32 Å². The van der Waals surface area contributed by atoms with Crippen LogP contribution in [-0.4, -0.2) is 33.2 Å². The van der Waals surface area contributed by atoms with Gasteiger partial charge in [-0.2, -0.15) is 0 Å². The Bertz CT molecular complexity index is 611. The minimum atomic E-state index is -0.762. The molecule has 24 heavy (non-hydrogen) atoms. The quantitative estimate of drug-likeness (QED) is 0.463.